The van der Waals surface area contributed by atoms with Gasteiger partial charge in [0.15, 0.2) is 11.4 Å². The minimum atomic E-state index is -0.341. The van der Waals surface area contributed by atoms with E-state index in [4.69, 9.17) is 4.74 Å². The Labute approximate surface area is 194 Å². The number of carbonyl (C=O) groups is 1. The summed E-state index contributed by atoms with van der Waals surface area (Å²) in [6.07, 6.45) is 1.50. The number of ether oxygens (including phenoxy) is 1. The van der Waals surface area contributed by atoms with Crippen molar-refractivity contribution in [2.75, 3.05) is 32.5 Å². The number of likely N-dealkylation sites (N-methyl/N-ethyl adjacent to an activating group) is 1. The molecule has 0 saturated carbocycles. The smallest absolute Gasteiger partial charge is 0.294 e. The second kappa shape index (κ2) is 10.8. The van der Waals surface area contributed by atoms with E-state index >= 15 is 0 Å². The van der Waals surface area contributed by atoms with Crippen molar-refractivity contribution >= 4 is 17.3 Å². The molecule has 0 aliphatic carbocycles. The number of hydrogen-bond donors (Lipinski definition) is 2. The fourth-order valence-corrected chi connectivity index (χ4v) is 3.14. The van der Waals surface area contributed by atoms with E-state index in [-0.39, 0.29) is 17.2 Å². The number of benzene rings is 2. The highest BCUT2D eigenvalue weighted by atomic mass is 16.5. The fourth-order valence-electron chi connectivity index (χ4n) is 3.14. The highest BCUT2D eigenvalue weighted by Gasteiger charge is 2.14. The van der Waals surface area contributed by atoms with Crippen LogP contribution in [0.3, 0.4) is 0 Å². The fraction of sp³-hybridized carbons (Fsp3) is 0.320. The van der Waals surface area contributed by atoms with Crippen LogP contribution in [0.5, 0.6) is 11.5 Å². The Hall–Kier alpha value is -3.65. The molecule has 0 atom stereocenters. The largest absolute Gasteiger partial charge is 0.453 e. The molecule has 8 nitrogen and oxygen atoms in total. The molecular weight excluding hydrogens is 418 g/mol. The Morgan fingerprint density at radius 3 is 2.55 bits per heavy atom. The van der Waals surface area contributed by atoms with Gasteiger partial charge in [-0.25, -0.2) is 4.68 Å². The molecule has 0 spiro atoms. The lowest BCUT2D eigenvalue weighted by Gasteiger charge is -2.14. The number of nitrogens with zero attached hydrogens (tertiary/aromatic N) is 3. The SMILES string of the molecule is CC(C)c1ccc(Oc2cnn(C)c(=O)c2Nc2cccc(C(=O)NCCN(C)C)c2)cc1. The van der Waals surface area contributed by atoms with Crippen LogP contribution in [0.1, 0.15) is 35.7 Å². The highest BCUT2D eigenvalue weighted by molar-refractivity contribution is 5.95. The molecule has 0 saturated heterocycles. The summed E-state index contributed by atoms with van der Waals surface area (Å²) in [5.41, 5.74) is 2.19. The summed E-state index contributed by atoms with van der Waals surface area (Å²) in [6.45, 7) is 5.54. The van der Waals surface area contributed by atoms with Gasteiger partial charge in [0.2, 0.25) is 0 Å². The minimum Gasteiger partial charge on any atom is -0.453 e. The second-order valence-electron chi connectivity index (χ2n) is 8.40. The molecule has 0 unspecified atom stereocenters. The molecule has 0 fully saturated rings. The van der Waals surface area contributed by atoms with Gasteiger partial charge in [-0.05, 0) is 55.9 Å². The van der Waals surface area contributed by atoms with E-state index in [1.54, 1.807) is 31.3 Å². The average Bonchev–Trinajstić information content (AvgIpc) is 2.79. The molecule has 3 aromatic rings. The van der Waals surface area contributed by atoms with Crippen molar-refractivity contribution in [2.45, 2.75) is 19.8 Å². The third-order valence-electron chi connectivity index (χ3n) is 5.12. The van der Waals surface area contributed by atoms with Crippen molar-refractivity contribution in [2.24, 2.45) is 7.05 Å². The predicted molar refractivity (Wildman–Crippen MR) is 131 cm³/mol. The first kappa shape index (κ1) is 24.0. The van der Waals surface area contributed by atoms with Gasteiger partial charge in [0.05, 0.1) is 6.20 Å². The van der Waals surface area contributed by atoms with Gasteiger partial charge in [0.25, 0.3) is 11.5 Å². The van der Waals surface area contributed by atoms with Gasteiger partial charge in [0.1, 0.15) is 5.75 Å². The lowest BCUT2D eigenvalue weighted by Crippen LogP contribution is -2.31. The van der Waals surface area contributed by atoms with E-state index in [0.29, 0.717) is 35.2 Å². The summed E-state index contributed by atoms with van der Waals surface area (Å²) in [7, 11) is 5.47. The highest BCUT2D eigenvalue weighted by Crippen LogP contribution is 2.29. The zero-order valence-electron chi connectivity index (χ0n) is 19.8. The van der Waals surface area contributed by atoms with Crippen molar-refractivity contribution in [3.05, 3.63) is 76.2 Å². The van der Waals surface area contributed by atoms with E-state index in [1.165, 1.54) is 16.4 Å². The standard InChI is InChI=1S/C25H31N5O3/c1-17(2)18-9-11-21(12-10-18)33-22-16-27-30(5)25(32)23(22)28-20-8-6-7-19(15-20)24(31)26-13-14-29(3)4/h6-12,15-17,28H,13-14H2,1-5H3,(H,26,31). The van der Waals surface area contributed by atoms with Crippen molar-refractivity contribution in [3.8, 4) is 11.5 Å². The molecule has 8 heteroatoms. The number of carbonyl (C=O) groups excluding carboxylic acids is 1. The molecule has 2 aromatic carbocycles. The predicted octanol–water partition coefficient (Wildman–Crippen LogP) is 3.73. The minimum absolute atomic E-state index is 0.176. The van der Waals surface area contributed by atoms with Crippen LogP contribution < -0.4 is 20.9 Å². The molecule has 0 bridgehead atoms. The summed E-state index contributed by atoms with van der Waals surface area (Å²) in [5.74, 6) is 1.14. The number of rotatable bonds is 9. The van der Waals surface area contributed by atoms with Crippen LogP contribution in [0.2, 0.25) is 0 Å². The molecule has 3 rings (SSSR count). The summed E-state index contributed by atoms with van der Waals surface area (Å²) in [5, 5.41) is 10.1. The van der Waals surface area contributed by atoms with Crippen LogP contribution in [-0.4, -0.2) is 47.8 Å². The van der Waals surface area contributed by atoms with Gasteiger partial charge in [-0.2, -0.15) is 5.10 Å². The molecule has 1 heterocycles. The van der Waals surface area contributed by atoms with Gasteiger partial charge in [-0.3, -0.25) is 9.59 Å². The maximum atomic E-state index is 12.8. The van der Waals surface area contributed by atoms with E-state index in [0.717, 1.165) is 6.54 Å². The third-order valence-corrected chi connectivity index (χ3v) is 5.12. The molecule has 1 amide bonds. The third kappa shape index (κ3) is 6.43. The van der Waals surface area contributed by atoms with Crippen LogP contribution in [0, 0.1) is 0 Å². The van der Waals surface area contributed by atoms with Crippen molar-refractivity contribution in [1.29, 1.82) is 0 Å². The number of nitrogens with one attached hydrogen (secondary N) is 2. The lowest BCUT2D eigenvalue weighted by atomic mass is 10.0. The zero-order valence-corrected chi connectivity index (χ0v) is 19.8. The Morgan fingerprint density at radius 2 is 1.88 bits per heavy atom. The van der Waals surface area contributed by atoms with Gasteiger partial charge in [0, 0.05) is 31.4 Å². The summed E-state index contributed by atoms with van der Waals surface area (Å²) in [6, 6.07) is 14.7. The molecule has 0 aliphatic rings. The number of anilines is 2. The summed E-state index contributed by atoms with van der Waals surface area (Å²) < 4.78 is 7.21. The lowest BCUT2D eigenvalue weighted by molar-refractivity contribution is 0.0951. The molecular formula is C25H31N5O3. The molecule has 1 aromatic heterocycles. The van der Waals surface area contributed by atoms with Gasteiger partial charge >= 0.3 is 0 Å². The van der Waals surface area contributed by atoms with Gasteiger partial charge in [-0.15, -0.1) is 0 Å². The number of aryl methyl sites for hydroxylation is 1. The Kier molecular flexibility index (Phi) is 7.84. The van der Waals surface area contributed by atoms with E-state index in [1.807, 2.05) is 43.3 Å². The van der Waals surface area contributed by atoms with Gasteiger partial charge in [-0.1, -0.05) is 32.0 Å². The normalized spacial score (nSPS) is 11.0. The Bertz CT molecular complexity index is 1150. The van der Waals surface area contributed by atoms with E-state index < -0.39 is 0 Å². The van der Waals surface area contributed by atoms with Crippen molar-refractivity contribution in [3.63, 3.8) is 0 Å². The molecule has 33 heavy (non-hydrogen) atoms. The molecule has 174 valence electrons. The number of amides is 1. The van der Waals surface area contributed by atoms with Crippen molar-refractivity contribution in [1.82, 2.24) is 20.0 Å². The first-order valence-corrected chi connectivity index (χ1v) is 10.9. The summed E-state index contributed by atoms with van der Waals surface area (Å²) >= 11 is 0. The first-order valence-electron chi connectivity index (χ1n) is 10.9. The topological polar surface area (TPSA) is 88.5 Å². The van der Waals surface area contributed by atoms with E-state index in [9.17, 15) is 9.59 Å². The molecule has 0 aliphatic heterocycles. The summed E-state index contributed by atoms with van der Waals surface area (Å²) in [4.78, 5) is 27.3. The number of hydrogen-bond acceptors (Lipinski definition) is 6. The van der Waals surface area contributed by atoms with Crippen LogP contribution in [0.15, 0.2) is 59.5 Å². The quantitative estimate of drug-likeness (QED) is 0.518. The zero-order chi connectivity index (χ0) is 24.0. The van der Waals surface area contributed by atoms with Crippen LogP contribution in [-0.2, 0) is 7.05 Å². The molecule has 2 N–H and O–H groups in total. The van der Waals surface area contributed by atoms with Crippen molar-refractivity contribution < 1.29 is 9.53 Å². The Morgan fingerprint density at radius 1 is 1.15 bits per heavy atom. The molecule has 0 radical (unpaired) electrons. The van der Waals surface area contributed by atoms with Crippen LogP contribution in [0.4, 0.5) is 11.4 Å². The van der Waals surface area contributed by atoms with Crippen LogP contribution in [0.25, 0.3) is 0 Å². The first-order chi connectivity index (χ1) is 15.7. The second-order valence-corrected chi connectivity index (χ2v) is 8.40. The maximum absolute atomic E-state index is 12.8. The van der Waals surface area contributed by atoms with E-state index in [2.05, 4.69) is 29.6 Å². The maximum Gasteiger partial charge on any atom is 0.294 e. The Balaban J connectivity index is 1.82. The number of aromatic nitrogens is 2. The van der Waals surface area contributed by atoms with Gasteiger partial charge < -0.3 is 20.3 Å². The van der Waals surface area contributed by atoms with Crippen LogP contribution >= 0.6 is 0 Å². The monoisotopic (exact) mass is 449 g/mol. The average molecular weight is 450 g/mol.